The lowest BCUT2D eigenvalue weighted by atomic mass is 9.90. The van der Waals surface area contributed by atoms with Crippen LogP contribution < -0.4 is 5.32 Å². The Labute approximate surface area is 147 Å². The molecule has 1 aromatic heterocycles. The summed E-state index contributed by atoms with van der Waals surface area (Å²) in [6, 6.07) is 2.28. The molecule has 5 nitrogen and oxygen atoms in total. The second kappa shape index (κ2) is 6.96. The van der Waals surface area contributed by atoms with Crippen molar-refractivity contribution in [2.24, 2.45) is 0 Å². The highest BCUT2D eigenvalue weighted by Gasteiger charge is 2.27. The van der Waals surface area contributed by atoms with Gasteiger partial charge in [-0.15, -0.1) is 0 Å². The number of hydrogen-bond acceptors (Lipinski definition) is 5. The van der Waals surface area contributed by atoms with Gasteiger partial charge in [0.1, 0.15) is 11.6 Å². The van der Waals surface area contributed by atoms with Crippen LogP contribution in [0.4, 0.5) is 5.82 Å². The van der Waals surface area contributed by atoms with E-state index in [1.54, 1.807) is 0 Å². The van der Waals surface area contributed by atoms with Gasteiger partial charge in [-0.05, 0) is 14.0 Å². The van der Waals surface area contributed by atoms with Gasteiger partial charge in [0, 0.05) is 30.0 Å². The maximum atomic E-state index is 5.93. The molecule has 0 aromatic carbocycles. The number of aromatic nitrogens is 2. The summed E-state index contributed by atoms with van der Waals surface area (Å²) in [7, 11) is 2.14. The highest BCUT2D eigenvalue weighted by molar-refractivity contribution is 5.40. The van der Waals surface area contributed by atoms with E-state index < -0.39 is 0 Å². The number of hydrogen-bond donors (Lipinski definition) is 1. The molecule has 0 saturated carbocycles. The first kappa shape index (κ1) is 19.1. The number of nitrogens with one attached hydrogen (secondary N) is 1. The zero-order valence-corrected chi connectivity index (χ0v) is 16.6. The molecule has 1 saturated heterocycles. The molecule has 0 amide bonds. The van der Waals surface area contributed by atoms with Gasteiger partial charge in [-0.1, -0.05) is 41.5 Å². The molecule has 0 bridgehead atoms. The molecule has 2 rings (SSSR count). The maximum absolute atomic E-state index is 5.93. The van der Waals surface area contributed by atoms with Gasteiger partial charge < -0.3 is 15.0 Å². The predicted octanol–water partition coefficient (Wildman–Crippen LogP) is 3.20. The zero-order chi connectivity index (χ0) is 18.1. The lowest BCUT2D eigenvalue weighted by Gasteiger charge is -2.34. The van der Waals surface area contributed by atoms with Gasteiger partial charge in [0.25, 0.3) is 0 Å². The third-order valence-corrected chi connectivity index (χ3v) is 4.40. The van der Waals surface area contributed by atoms with Crippen LogP contribution >= 0.6 is 0 Å². The van der Waals surface area contributed by atoms with Gasteiger partial charge in [-0.25, -0.2) is 9.97 Å². The summed E-state index contributed by atoms with van der Waals surface area (Å²) in [5.41, 5.74) is 0.978. The van der Waals surface area contributed by atoms with Crippen LogP contribution in [-0.4, -0.2) is 53.8 Å². The van der Waals surface area contributed by atoms with Crippen molar-refractivity contribution in [1.29, 1.82) is 0 Å². The standard InChI is InChI=1S/C19H34N4O/c1-13(14-12-23(8)9-10-24-14)20-16-11-15(18(2,3)4)21-17(22-16)19(5,6)7/h11,13-14H,9-10,12H2,1-8H3,(H,20,21,22). The van der Waals surface area contributed by atoms with Gasteiger partial charge in [0.2, 0.25) is 0 Å². The molecule has 136 valence electrons. The van der Waals surface area contributed by atoms with E-state index in [0.717, 1.165) is 37.0 Å². The van der Waals surface area contributed by atoms with Crippen molar-refractivity contribution in [2.75, 3.05) is 32.1 Å². The van der Waals surface area contributed by atoms with Crippen molar-refractivity contribution in [2.45, 2.75) is 71.4 Å². The third-order valence-electron chi connectivity index (χ3n) is 4.40. The molecule has 2 atom stereocenters. The first-order valence-electron chi connectivity index (χ1n) is 8.93. The van der Waals surface area contributed by atoms with E-state index in [0.29, 0.717) is 0 Å². The molecule has 1 aromatic rings. The Morgan fingerprint density at radius 1 is 1.17 bits per heavy atom. The molecule has 1 aliphatic heterocycles. The number of morpholine rings is 1. The highest BCUT2D eigenvalue weighted by Crippen LogP contribution is 2.27. The predicted molar refractivity (Wildman–Crippen MR) is 99.8 cm³/mol. The van der Waals surface area contributed by atoms with Crippen molar-refractivity contribution in [3.8, 4) is 0 Å². The number of anilines is 1. The Morgan fingerprint density at radius 2 is 1.83 bits per heavy atom. The van der Waals surface area contributed by atoms with E-state index in [1.165, 1.54) is 0 Å². The fourth-order valence-corrected chi connectivity index (χ4v) is 2.68. The largest absolute Gasteiger partial charge is 0.373 e. The summed E-state index contributed by atoms with van der Waals surface area (Å²) < 4.78 is 5.93. The molecule has 5 heteroatoms. The summed E-state index contributed by atoms with van der Waals surface area (Å²) >= 11 is 0. The summed E-state index contributed by atoms with van der Waals surface area (Å²) in [6.07, 6.45) is 0.176. The molecule has 0 spiro atoms. The smallest absolute Gasteiger partial charge is 0.136 e. The number of likely N-dealkylation sites (N-methyl/N-ethyl adjacent to an activating group) is 1. The summed E-state index contributed by atoms with van der Waals surface area (Å²) in [5, 5.41) is 3.55. The second-order valence-corrected chi connectivity index (χ2v) is 9.07. The molecule has 2 heterocycles. The van der Waals surface area contributed by atoms with E-state index in [9.17, 15) is 0 Å². The monoisotopic (exact) mass is 334 g/mol. The van der Waals surface area contributed by atoms with Crippen LogP contribution in [0.3, 0.4) is 0 Å². The van der Waals surface area contributed by atoms with E-state index in [1.807, 2.05) is 0 Å². The molecular formula is C19H34N4O. The normalized spacial score (nSPS) is 21.6. The molecule has 2 unspecified atom stereocenters. The number of nitrogens with zero attached hydrogens (tertiary/aromatic N) is 3. The van der Waals surface area contributed by atoms with Crippen LogP contribution in [0, 0.1) is 0 Å². The van der Waals surface area contributed by atoms with Gasteiger partial charge in [-0.3, -0.25) is 0 Å². The lowest BCUT2D eigenvalue weighted by molar-refractivity contribution is -0.0260. The summed E-state index contributed by atoms with van der Waals surface area (Å²) in [5.74, 6) is 1.77. The minimum atomic E-state index is -0.0809. The van der Waals surface area contributed by atoms with E-state index in [-0.39, 0.29) is 23.0 Å². The van der Waals surface area contributed by atoms with Crippen LogP contribution in [0.15, 0.2) is 6.07 Å². The topological polar surface area (TPSA) is 50.3 Å². The molecule has 1 N–H and O–H groups in total. The Balaban J connectivity index is 2.25. The fraction of sp³-hybridized carbons (Fsp3) is 0.789. The van der Waals surface area contributed by atoms with Crippen molar-refractivity contribution in [3.63, 3.8) is 0 Å². The molecule has 24 heavy (non-hydrogen) atoms. The van der Waals surface area contributed by atoms with E-state index in [4.69, 9.17) is 14.7 Å². The van der Waals surface area contributed by atoms with Crippen molar-refractivity contribution in [1.82, 2.24) is 14.9 Å². The van der Waals surface area contributed by atoms with E-state index in [2.05, 4.69) is 71.8 Å². The van der Waals surface area contributed by atoms with Gasteiger partial charge in [0.15, 0.2) is 0 Å². The van der Waals surface area contributed by atoms with Crippen molar-refractivity contribution >= 4 is 5.82 Å². The average molecular weight is 335 g/mol. The molecule has 1 fully saturated rings. The van der Waals surface area contributed by atoms with Crippen LogP contribution in [0.25, 0.3) is 0 Å². The highest BCUT2D eigenvalue weighted by atomic mass is 16.5. The Hall–Kier alpha value is -1.20. The quantitative estimate of drug-likeness (QED) is 0.920. The minimum absolute atomic E-state index is 0.00976. The molecule has 0 radical (unpaired) electrons. The third kappa shape index (κ3) is 4.90. The average Bonchev–Trinajstić information content (AvgIpc) is 2.45. The van der Waals surface area contributed by atoms with Gasteiger partial charge in [-0.2, -0.15) is 0 Å². The first-order chi connectivity index (χ1) is 11.0. The summed E-state index contributed by atoms with van der Waals surface area (Å²) in [6.45, 7) is 17.9. The Bertz CT molecular complexity index is 527. The number of ether oxygens (including phenoxy) is 1. The van der Waals surface area contributed by atoms with Crippen LogP contribution in [0.5, 0.6) is 0 Å². The van der Waals surface area contributed by atoms with Crippen LogP contribution in [0.2, 0.25) is 0 Å². The minimum Gasteiger partial charge on any atom is -0.373 e. The lowest BCUT2D eigenvalue weighted by Crippen LogP contribution is -2.47. The maximum Gasteiger partial charge on any atom is 0.136 e. The van der Waals surface area contributed by atoms with Crippen molar-refractivity contribution < 1.29 is 4.74 Å². The molecule has 1 aliphatic rings. The van der Waals surface area contributed by atoms with Crippen molar-refractivity contribution in [3.05, 3.63) is 17.6 Å². The second-order valence-electron chi connectivity index (χ2n) is 9.07. The van der Waals surface area contributed by atoms with Crippen LogP contribution in [0.1, 0.15) is 60.0 Å². The Morgan fingerprint density at radius 3 is 2.38 bits per heavy atom. The van der Waals surface area contributed by atoms with Gasteiger partial charge >= 0.3 is 0 Å². The SMILES string of the molecule is CC(Nc1cc(C(C)(C)C)nc(C(C)(C)C)n1)C1CN(C)CCO1. The number of rotatable bonds is 3. The first-order valence-corrected chi connectivity index (χ1v) is 8.93. The Kier molecular flexibility index (Phi) is 5.55. The van der Waals surface area contributed by atoms with Gasteiger partial charge in [0.05, 0.1) is 24.4 Å². The summed E-state index contributed by atoms with van der Waals surface area (Å²) in [4.78, 5) is 11.9. The molecule has 0 aliphatic carbocycles. The molecular weight excluding hydrogens is 300 g/mol. The zero-order valence-electron chi connectivity index (χ0n) is 16.6. The van der Waals surface area contributed by atoms with Crippen LogP contribution in [-0.2, 0) is 15.6 Å². The fourth-order valence-electron chi connectivity index (χ4n) is 2.68. The van der Waals surface area contributed by atoms with E-state index >= 15 is 0 Å².